The molecule has 130 valence electrons. The molecular weight excluding hydrogens is 302 g/mol. The summed E-state index contributed by atoms with van der Waals surface area (Å²) in [5.41, 5.74) is 3.23. The number of hydrogen-bond donors (Lipinski definition) is 2. The molecule has 0 aliphatic heterocycles. The standard InChI is InChI=1S/C20H27NO3/c1-5-24-19-10-9-18(12-20(19)23-4)15(3)21-14(2)17-8-6-7-16(11-17)13-22/h6-12,14-15,21-22H,5,13H2,1-4H3. The molecule has 2 unspecified atom stereocenters. The summed E-state index contributed by atoms with van der Waals surface area (Å²) in [6, 6.07) is 14.4. The van der Waals surface area contributed by atoms with Crippen molar-refractivity contribution in [1.82, 2.24) is 5.32 Å². The van der Waals surface area contributed by atoms with Crippen LogP contribution in [0, 0.1) is 0 Å². The largest absolute Gasteiger partial charge is 0.493 e. The van der Waals surface area contributed by atoms with Gasteiger partial charge in [-0.1, -0.05) is 30.3 Å². The highest BCUT2D eigenvalue weighted by Gasteiger charge is 2.14. The number of rotatable bonds is 8. The molecule has 0 fully saturated rings. The first-order valence-corrected chi connectivity index (χ1v) is 8.35. The molecule has 0 amide bonds. The van der Waals surface area contributed by atoms with E-state index in [4.69, 9.17) is 9.47 Å². The van der Waals surface area contributed by atoms with E-state index in [1.165, 1.54) is 0 Å². The van der Waals surface area contributed by atoms with Gasteiger partial charge in [0.15, 0.2) is 11.5 Å². The number of nitrogens with one attached hydrogen (secondary N) is 1. The van der Waals surface area contributed by atoms with E-state index >= 15 is 0 Å². The summed E-state index contributed by atoms with van der Waals surface area (Å²) in [6.07, 6.45) is 0. The highest BCUT2D eigenvalue weighted by atomic mass is 16.5. The minimum absolute atomic E-state index is 0.0617. The van der Waals surface area contributed by atoms with Gasteiger partial charge in [0.2, 0.25) is 0 Å². The summed E-state index contributed by atoms with van der Waals surface area (Å²) in [4.78, 5) is 0. The van der Waals surface area contributed by atoms with Crippen molar-refractivity contribution in [1.29, 1.82) is 0 Å². The third-order valence-corrected chi connectivity index (χ3v) is 4.12. The fraction of sp³-hybridized carbons (Fsp3) is 0.400. The Morgan fingerprint density at radius 2 is 1.71 bits per heavy atom. The summed E-state index contributed by atoms with van der Waals surface area (Å²) < 4.78 is 11.0. The van der Waals surface area contributed by atoms with Crippen LogP contribution in [0.15, 0.2) is 42.5 Å². The van der Waals surface area contributed by atoms with Crippen molar-refractivity contribution >= 4 is 0 Å². The van der Waals surface area contributed by atoms with Crippen molar-refractivity contribution in [3.05, 3.63) is 59.2 Å². The number of aliphatic hydroxyl groups is 1. The zero-order chi connectivity index (χ0) is 17.5. The predicted molar refractivity (Wildman–Crippen MR) is 96.5 cm³/mol. The van der Waals surface area contributed by atoms with Crippen LogP contribution in [0.3, 0.4) is 0 Å². The van der Waals surface area contributed by atoms with Crippen LogP contribution in [0.2, 0.25) is 0 Å². The molecular formula is C20H27NO3. The lowest BCUT2D eigenvalue weighted by atomic mass is 10.0. The maximum Gasteiger partial charge on any atom is 0.161 e. The van der Waals surface area contributed by atoms with E-state index in [9.17, 15) is 5.11 Å². The van der Waals surface area contributed by atoms with Gasteiger partial charge >= 0.3 is 0 Å². The Labute approximate surface area is 144 Å². The Hall–Kier alpha value is -2.04. The van der Waals surface area contributed by atoms with E-state index in [-0.39, 0.29) is 18.7 Å². The lowest BCUT2D eigenvalue weighted by Crippen LogP contribution is -2.22. The van der Waals surface area contributed by atoms with Crippen LogP contribution in [0.5, 0.6) is 11.5 Å². The van der Waals surface area contributed by atoms with Crippen molar-refractivity contribution in [2.45, 2.75) is 39.5 Å². The van der Waals surface area contributed by atoms with Crippen molar-refractivity contribution in [2.24, 2.45) is 0 Å². The number of benzene rings is 2. The van der Waals surface area contributed by atoms with Gasteiger partial charge in [-0.2, -0.15) is 0 Å². The topological polar surface area (TPSA) is 50.7 Å². The van der Waals surface area contributed by atoms with Gasteiger partial charge < -0.3 is 19.9 Å². The van der Waals surface area contributed by atoms with Crippen molar-refractivity contribution < 1.29 is 14.6 Å². The molecule has 0 aliphatic carbocycles. The summed E-state index contributed by atoms with van der Waals surface area (Å²) in [7, 11) is 1.66. The minimum Gasteiger partial charge on any atom is -0.493 e. The van der Waals surface area contributed by atoms with Gasteiger partial charge in [-0.3, -0.25) is 0 Å². The van der Waals surface area contributed by atoms with Crippen LogP contribution in [-0.2, 0) is 6.61 Å². The SMILES string of the molecule is CCOc1ccc(C(C)NC(C)c2cccc(CO)c2)cc1OC. The number of methoxy groups -OCH3 is 1. The van der Waals surface area contributed by atoms with Crippen LogP contribution in [0.1, 0.15) is 49.5 Å². The maximum atomic E-state index is 9.28. The van der Waals surface area contributed by atoms with E-state index < -0.39 is 0 Å². The van der Waals surface area contributed by atoms with Crippen LogP contribution in [0.4, 0.5) is 0 Å². The van der Waals surface area contributed by atoms with Crippen LogP contribution in [0.25, 0.3) is 0 Å². The van der Waals surface area contributed by atoms with E-state index in [1.807, 2.05) is 37.3 Å². The molecule has 2 N–H and O–H groups in total. The Balaban J connectivity index is 2.12. The zero-order valence-electron chi connectivity index (χ0n) is 14.9. The lowest BCUT2D eigenvalue weighted by Gasteiger charge is -2.22. The maximum absolute atomic E-state index is 9.28. The summed E-state index contributed by atoms with van der Waals surface area (Å²) in [6.45, 7) is 6.88. The second kappa shape index (κ2) is 8.71. The summed E-state index contributed by atoms with van der Waals surface area (Å²) in [5, 5.41) is 12.9. The molecule has 0 saturated carbocycles. The Bertz CT molecular complexity index is 657. The lowest BCUT2D eigenvalue weighted by molar-refractivity contribution is 0.281. The van der Waals surface area contributed by atoms with Gasteiger partial charge in [-0.05, 0) is 49.6 Å². The van der Waals surface area contributed by atoms with Crippen LogP contribution in [-0.4, -0.2) is 18.8 Å². The molecule has 2 rings (SSSR count). The average Bonchev–Trinajstić information content (AvgIpc) is 2.62. The van der Waals surface area contributed by atoms with E-state index in [2.05, 4.69) is 31.3 Å². The highest BCUT2D eigenvalue weighted by molar-refractivity contribution is 5.43. The fourth-order valence-corrected chi connectivity index (χ4v) is 2.76. The molecule has 0 spiro atoms. The van der Waals surface area contributed by atoms with E-state index in [1.54, 1.807) is 7.11 Å². The average molecular weight is 329 g/mol. The van der Waals surface area contributed by atoms with Gasteiger partial charge in [-0.25, -0.2) is 0 Å². The van der Waals surface area contributed by atoms with Gasteiger partial charge in [-0.15, -0.1) is 0 Å². The molecule has 0 heterocycles. The molecule has 2 atom stereocenters. The first kappa shape index (κ1) is 18.3. The number of hydrogen-bond acceptors (Lipinski definition) is 4. The Morgan fingerprint density at radius 3 is 2.33 bits per heavy atom. The third kappa shape index (κ3) is 4.49. The van der Waals surface area contributed by atoms with Crippen molar-refractivity contribution in [3.8, 4) is 11.5 Å². The van der Waals surface area contributed by atoms with E-state index in [0.29, 0.717) is 6.61 Å². The molecule has 0 aromatic heterocycles. The molecule has 0 bridgehead atoms. The van der Waals surface area contributed by atoms with Gasteiger partial charge in [0.1, 0.15) is 0 Å². The quantitative estimate of drug-likeness (QED) is 0.768. The normalized spacial score (nSPS) is 13.4. The van der Waals surface area contributed by atoms with Gasteiger partial charge in [0.05, 0.1) is 20.3 Å². The molecule has 0 radical (unpaired) electrons. The van der Waals surface area contributed by atoms with E-state index in [0.717, 1.165) is 28.2 Å². The number of ether oxygens (including phenoxy) is 2. The molecule has 2 aromatic rings. The Morgan fingerprint density at radius 1 is 1.00 bits per heavy atom. The Kier molecular flexibility index (Phi) is 6.64. The summed E-state index contributed by atoms with van der Waals surface area (Å²) in [5.74, 6) is 1.51. The molecule has 0 saturated heterocycles. The van der Waals surface area contributed by atoms with Gasteiger partial charge in [0, 0.05) is 12.1 Å². The highest BCUT2D eigenvalue weighted by Crippen LogP contribution is 2.31. The molecule has 0 aliphatic rings. The smallest absolute Gasteiger partial charge is 0.161 e. The zero-order valence-corrected chi connectivity index (χ0v) is 14.9. The van der Waals surface area contributed by atoms with Crippen LogP contribution >= 0.6 is 0 Å². The molecule has 4 heteroatoms. The molecule has 2 aromatic carbocycles. The minimum atomic E-state index is 0.0617. The van der Waals surface area contributed by atoms with Crippen molar-refractivity contribution in [2.75, 3.05) is 13.7 Å². The van der Waals surface area contributed by atoms with Gasteiger partial charge in [0.25, 0.3) is 0 Å². The number of aliphatic hydroxyl groups excluding tert-OH is 1. The second-order valence-electron chi connectivity index (χ2n) is 5.86. The molecule has 4 nitrogen and oxygen atoms in total. The first-order chi connectivity index (χ1) is 11.6. The van der Waals surface area contributed by atoms with Crippen molar-refractivity contribution in [3.63, 3.8) is 0 Å². The predicted octanol–water partition coefficient (Wildman–Crippen LogP) is 4.00. The monoisotopic (exact) mass is 329 g/mol. The first-order valence-electron chi connectivity index (χ1n) is 8.35. The third-order valence-electron chi connectivity index (χ3n) is 4.12. The summed E-state index contributed by atoms with van der Waals surface area (Å²) >= 11 is 0. The second-order valence-corrected chi connectivity index (χ2v) is 5.86. The van der Waals surface area contributed by atoms with Crippen LogP contribution < -0.4 is 14.8 Å². The fourth-order valence-electron chi connectivity index (χ4n) is 2.76. The molecule has 24 heavy (non-hydrogen) atoms.